The molecule has 0 aliphatic heterocycles. The molecule has 2 atom stereocenters. The first-order valence-electron chi connectivity index (χ1n) is 7.09. The van der Waals surface area contributed by atoms with Crippen LogP contribution < -0.4 is 0 Å². The largest absolute Gasteiger partial charge is 0.481 e. The Kier molecular flexibility index (Phi) is 3.73. The van der Waals surface area contributed by atoms with Crippen LogP contribution >= 0.6 is 0 Å². The number of rotatable bonds is 3. The lowest BCUT2D eigenvalue weighted by Crippen LogP contribution is -2.49. The highest BCUT2D eigenvalue weighted by atomic mass is 16.4. The van der Waals surface area contributed by atoms with Gasteiger partial charge in [-0.2, -0.15) is 0 Å². The van der Waals surface area contributed by atoms with Crippen molar-refractivity contribution in [3.63, 3.8) is 0 Å². The molecular weight excluding hydrogens is 280 g/mol. The Morgan fingerprint density at radius 2 is 1.68 bits per heavy atom. The Morgan fingerprint density at radius 1 is 1.05 bits per heavy atom. The number of aliphatic carboxylic acids is 2. The summed E-state index contributed by atoms with van der Waals surface area (Å²) < 4.78 is 0. The maximum Gasteiger partial charge on any atom is 0.315 e. The molecule has 0 aromatic heterocycles. The van der Waals surface area contributed by atoms with E-state index in [4.69, 9.17) is 0 Å². The molecule has 0 heterocycles. The summed E-state index contributed by atoms with van der Waals surface area (Å²) in [4.78, 5) is 23.8. The van der Waals surface area contributed by atoms with Crippen molar-refractivity contribution in [2.45, 2.75) is 27.7 Å². The normalized spacial score (nSPS) is 27.4. The van der Waals surface area contributed by atoms with E-state index in [1.165, 1.54) is 19.9 Å². The first-order valence-corrected chi connectivity index (χ1v) is 7.09. The zero-order chi connectivity index (χ0) is 16.7. The molecule has 0 fully saturated rings. The Hall–Kier alpha value is -2.36. The third kappa shape index (κ3) is 1.98. The van der Waals surface area contributed by atoms with Gasteiger partial charge in [-0.3, -0.25) is 9.59 Å². The van der Waals surface area contributed by atoms with E-state index >= 15 is 0 Å². The Balaban J connectivity index is 2.77. The Morgan fingerprint density at radius 3 is 2.23 bits per heavy atom. The molecule has 0 bridgehead atoms. The summed E-state index contributed by atoms with van der Waals surface area (Å²) >= 11 is 0. The van der Waals surface area contributed by atoms with Crippen LogP contribution in [0.2, 0.25) is 0 Å². The average molecular weight is 300 g/mol. The van der Waals surface area contributed by atoms with Crippen LogP contribution in [0.4, 0.5) is 0 Å². The van der Waals surface area contributed by atoms with Crippen molar-refractivity contribution in [2.24, 2.45) is 10.8 Å². The van der Waals surface area contributed by atoms with Crippen LogP contribution in [0.25, 0.3) is 5.57 Å². The van der Waals surface area contributed by atoms with Gasteiger partial charge in [0, 0.05) is 0 Å². The molecule has 0 radical (unpaired) electrons. The van der Waals surface area contributed by atoms with Gasteiger partial charge < -0.3 is 10.2 Å². The van der Waals surface area contributed by atoms with Gasteiger partial charge in [-0.1, -0.05) is 36.4 Å². The van der Waals surface area contributed by atoms with Gasteiger partial charge in [0.05, 0.1) is 0 Å². The molecule has 22 heavy (non-hydrogen) atoms. The molecule has 2 N–H and O–H groups in total. The molecular formula is C18H20O4. The first kappa shape index (κ1) is 16.0. The summed E-state index contributed by atoms with van der Waals surface area (Å²) in [6.45, 7) is 6.81. The van der Waals surface area contributed by atoms with Crippen molar-refractivity contribution in [2.75, 3.05) is 0 Å². The number of carboxylic acids is 2. The second-order valence-corrected chi connectivity index (χ2v) is 6.12. The molecule has 1 aliphatic rings. The summed E-state index contributed by atoms with van der Waals surface area (Å²) in [5, 5.41) is 19.5. The summed E-state index contributed by atoms with van der Waals surface area (Å²) in [5.41, 5.74) is 0.239. The summed E-state index contributed by atoms with van der Waals surface area (Å²) in [6.07, 6.45) is 4.80. The lowest BCUT2D eigenvalue weighted by molar-refractivity contribution is -0.162. The van der Waals surface area contributed by atoms with Crippen LogP contribution in [0.1, 0.15) is 30.5 Å². The molecule has 2 unspecified atom stereocenters. The van der Waals surface area contributed by atoms with Crippen LogP contribution in [0.15, 0.2) is 36.4 Å². The van der Waals surface area contributed by atoms with Gasteiger partial charge in [0.1, 0.15) is 10.8 Å². The van der Waals surface area contributed by atoms with E-state index in [0.29, 0.717) is 5.57 Å². The summed E-state index contributed by atoms with van der Waals surface area (Å²) in [7, 11) is 0. The second kappa shape index (κ2) is 5.13. The van der Waals surface area contributed by atoms with Crippen molar-refractivity contribution in [1.29, 1.82) is 0 Å². The molecule has 0 amide bonds. The summed E-state index contributed by atoms with van der Waals surface area (Å²) in [6, 6.07) is 5.65. The predicted molar refractivity (Wildman–Crippen MR) is 84.5 cm³/mol. The molecule has 4 heteroatoms. The predicted octanol–water partition coefficient (Wildman–Crippen LogP) is 3.44. The minimum absolute atomic E-state index is 0.522. The minimum atomic E-state index is -1.55. The number of aryl methyl sites for hydroxylation is 1. The highest BCUT2D eigenvalue weighted by Crippen LogP contribution is 2.53. The number of hydrogen-bond donors (Lipinski definition) is 2. The van der Waals surface area contributed by atoms with E-state index in [2.05, 4.69) is 0 Å². The Labute approximate surface area is 129 Å². The van der Waals surface area contributed by atoms with Crippen molar-refractivity contribution in [1.82, 2.24) is 0 Å². The Bertz CT molecular complexity index is 714. The molecule has 0 spiro atoms. The fourth-order valence-corrected chi connectivity index (χ4v) is 2.97. The maximum absolute atomic E-state index is 12.0. The van der Waals surface area contributed by atoms with Gasteiger partial charge in [0.25, 0.3) is 0 Å². The fraction of sp³-hybridized carbons (Fsp3) is 0.333. The second-order valence-electron chi connectivity index (χ2n) is 6.12. The molecule has 2 rings (SSSR count). The number of allylic oxidation sites excluding steroid dienone is 2. The lowest BCUT2D eigenvalue weighted by atomic mass is 9.57. The molecule has 0 saturated heterocycles. The van der Waals surface area contributed by atoms with Crippen molar-refractivity contribution in [3.05, 3.63) is 53.1 Å². The SMILES string of the molecule is Cc1cccc(C2=CC=CC(C)(C(=O)O)C2(C)C(=O)O)c1C. The third-order valence-corrected chi connectivity index (χ3v) is 5.04. The highest BCUT2D eigenvalue weighted by Gasteiger charge is 2.57. The van der Waals surface area contributed by atoms with E-state index in [1.807, 2.05) is 32.0 Å². The van der Waals surface area contributed by atoms with E-state index in [9.17, 15) is 19.8 Å². The maximum atomic E-state index is 12.0. The smallest absolute Gasteiger partial charge is 0.315 e. The van der Waals surface area contributed by atoms with Crippen molar-refractivity contribution in [3.8, 4) is 0 Å². The van der Waals surface area contributed by atoms with Gasteiger partial charge in [0.15, 0.2) is 0 Å². The van der Waals surface area contributed by atoms with E-state index in [1.54, 1.807) is 12.2 Å². The molecule has 1 aromatic rings. The highest BCUT2D eigenvalue weighted by molar-refractivity contribution is 6.01. The first-order chi connectivity index (χ1) is 10.2. The molecule has 0 saturated carbocycles. The minimum Gasteiger partial charge on any atom is -0.481 e. The van der Waals surface area contributed by atoms with Gasteiger partial charge in [-0.15, -0.1) is 0 Å². The van der Waals surface area contributed by atoms with E-state index in [-0.39, 0.29) is 0 Å². The standard InChI is InChI=1S/C18H20O4/c1-11-7-5-8-13(12(11)2)14-9-6-10-17(3,15(19)20)18(14,4)16(21)22/h5-10H,1-4H3,(H,19,20)(H,21,22). The van der Waals surface area contributed by atoms with Crippen LogP contribution in [-0.4, -0.2) is 22.2 Å². The molecule has 1 aliphatic carbocycles. The van der Waals surface area contributed by atoms with Crippen LogP contribution in [0.3, 0.4) is 0 Å². The topological polar surface area (TPSA) is 74.6 Å². The number of carbonyl (C=O) groups is 2. The number of benzene rings is 1. The molecule has 4 nitrogen and oxygen atoms in total. The zero-order valence-corrected chi connectivity index (χ0v) is 13.2. The molecule has 116 valence electrons. The third-order valence-electron chi connectivity index (χ3n) is 5.04. The monoisotopic (exact) mass is 300 g/mol. The fourth-order valence-electron chi connectivity index (χ4n) is 2.97. The average Bonchev–Trinajstić information content (AvgIpc) is 2.45. The van der Waals surface area contributed by atoms with Gasteiger partial charge in [0.2, 0.25) is 0 Å². The molecule has 1 aromatic carbocycles. The quantitative estimate of drug-likeness (QED) is 0.896. The summed E-state index contributed by atoms with van der Waals surface area (Å²) in [5.74, 6) is -2.29. The van der Waals surface area contributed by atoms with Gasteiger partial charge in [-0.05, 0) is 50.0 Å². The van der Waals surface area contributed by atoms with Crippen LogP contribution in [-0.2, 0) is 9.59 Å². The number of carboxylic acid groups (broad SMARTS) is 2. The van der Waals surface area contributed by atoms with Crippen molar-refractivity contribution < 1.29 is 19.8 Å². The van der Waals surface area contributed by atoms with Crippen molar-refractivity contribution >= 4 is 17.5 Å². The van der Waals surface area contributed by atoms with E-state index in [0.717, 1.165) is 16.7 Å². The zero-order valence-electron chi connectivity index (χ0n) is 13.2. The van der Waals surface area contributed by atoms with Gasteiger partial charge >= 0.3 is 11.9 Å². The van der Waals surface area contributed by atoms with Crippen LogP contribution in [0, 0.1) is 24.7 Å². The lowest BCUT2D eigenvalue weighted by Gasteiger charge is -2.42. The van der Waals surface area contributed by atoms with Gasteiger partial charge in [-0.25, -0.2) is 0 Å². The van der Waals surface area contributed by atoms with Crippen LogP contribution in [0.5, 0.6) is 0 Å². The van der Waals surface area contributed by atoms with E-state index < -0.39 is 22.8 Å². The number of hydrogen-bond acceptors (Lipinski definition) is 2.